The Bertz CT molecular complexity index is 994. The lowest BCUT2D eigenvalue weighted by Crippen LogP contribution is -2.42. The summed E-state index contributed by atoms with van der Waals surface area (Å²) >= 11 is 0. The van der Waals surface area contributed by atoms with Crippen molar-refractivity contribution >= 4 is 25.5 Å². The van der Waals surface area contributed by atoms with Gasteiger partial charge in [0.05, 0.1) is 11.0 Å². The number of nitrogens with one attached hydrogen (secondary N) is 2. The zero-order valence-corrected chi connectivity index (χ0v) is 23.3. The first-order valence-corrected chi connectivity index (χ1v) is 13.7. The Morgan fingerprint density at radius 3 is 2.03 bits per heavy atom. The van der Waals surface area contributed by atoms with Crippen LogP contribution < -0.4 is 14.9 Å². The van der Waals surface area contributed by atoms with Gasteiger partial charge in [0.2, 0.25) is 0 Å². The third kappa shape index (κ3) is 11.1. The summed E-state index contributed by atoms with van der Waals surface area (Å²) in [5, 5.41) is 16.4. The van der Waals surface area contributed by atoms with Gasteiger partial charge in [0, 0.05) is 18.2 Å². The molecule has 1 saturated carbocycles. The fourth-order valence-corrected chi connectivity index (χ4v) is 5.25. The second kappa shape index (κ2) is 12.2. The fraction of sp³-hybridized carbons (Fsp3) is 0.667. The second-order valence-electron chi connectivity index (χ2n) is 10.9. The largest absolute Gasteiger partial charge is 0.459 e. The number of carbonyl (C=O) groups is 2. The minimum absolute atomic E-state index is 0.0677. The lowest BCUT2D eigenvalue weighted by Gasteiger charge is -2.32. The first kappa shape index (κ1) is 30.5. The van der Waals surface area contributed by atoms with E-state index in [1.54, 1.807) is 41.5 Å². The summed E-state index contributed by atoms with van der Waals surface area (Å²) in [4.78, 5) is 34.9. The van der Waals surface area contributed by atoms with Crippen LogP contribution in [0.15, 0.2) is 24.3 Å². The summed E-state index contributed by atoms with van der Waals surface area (Å²) in [6.07, 6.45) is 1.06. The topological polar surface area (TPSA) is 155 Å². The van der Waals surface area contributed by atoms with Crippen LogP contribution in [0.4, 0.5) is 10.5 Å². The number of nitro groups is 1. The predicted molar refractivity (Wildman–Crippen MR) is 136 cm³/mol. The molecule has 13 heteroatoms. The zero-order valence-electron chi connectivity index (χ0n) is 22.4. The first-order chi connectivity index (χ1) is 16.9. The maximum absolute atomic E-state index is 13.8. The number of ether oxygens (including phenoxy) is 2. The number of alkyl carbamates (subject to hydrolysis) is 1. The number of carbonyl (C=O) groups excluding carboxylic acids is 2. The molecule has 1 fully saturated rings. The van der Waals surface area contributed by atoms with Gasteiger partial charge in [-0.1, -0.05) is 0 Å². The van der Waals surface area contributed by atoms with Gasteiger partial charge in [0.15, 0.2) is 0 Å². The van der Waals surface area contributed by atoms with Crippen LogP contribution in [0, 0.1) is 10.1 Å². The van der Waals surface area contributed by atoms with Gasteiger partial charge < -0.3 is 19.3 Å². The molecule has 0 aliphatic heterocycles. The van der Waals surface area contributed by atoms with Crippen LogP contribution in [0.3, 0.4) is 0 Å². The van der Waals surface area contributed by atoms with Crippen LogP contribution >= 0.6 is 7.75 Å². The van der Waals surface area contributed by atoms with Gasteiger partial charge in [0.1, 0.15) is 23.0 Å². The molecule has 208 valence electrons. The van der Waals surface area contributed by atoms with E-state index in [0.717, 1.165) is 0 Å². The predicted octanol–water partition coefficient (Wildman–Crippen LogP) is 5.25. The second-order valence-corrected chi connectivity index (χ2v) is 12.6. The number of esters is 1. The standard InChI is InChI=1S/C24H38N3O9P/c1-16(21(28)33-23(2,3)4)26-37(32,36-20-14-10-18(11-15-20)27(30)31)35-19-12-8-17(9-13-19)25-22(29)34-24(5,6)7/h10-11,14-17,19H,8-9,12-13H2,1-7H3,(H,25,29)(H,26,32). The highest BCUT2D eigenvalue weighted by molar-refractivity contribution is 7.52. The lowest BCUT2D eigenvalue weighted by atomic mass is 9.93. The van der Waals surface area contributed by atoms with Crippen molar-refractivity contribution in [2.45, 2.75) is 104 Å². The molecule has 1 aromatic carbocycles. The van der Waals surface area contributed by atoms with Crippen molar-refractivity contribution in [1.82, 2.24) is 10.4 Å². The highest BCUT2D eigenvalue weighted by Gasteiger charge is 2.37. The Balaban J connectivity index is 2.09. The summed E-state index contributed by atoms with van der Waals surface area (Å²) in [5.74, 6) is -0.577. The van der Waals surface area contributed by atoms with Crippen LogP contribution in [-0.4, -0.2) is 46.4 Å². The van der Waals surface area contributed by atoms with E-state index in [1.807, 2.05) is 0 Å². The molecule has 1 amide bonds. The molecule has 2 unspecified atom stereocenters. The van der Waals surface area contributed by atoms with E-state index in [9.17, 15) is 24.3 Å². The lowest BCUT2D eigenvalue weighted by molar-refractivity contribution is -0.384. The van der Waals surface area contributed by atoms with Crippen molar-refractivity contribution in [1.29, 1.82) is 0 Å². The molecule has 1 aliphatic rings. The van der Waals surface area contributed by atoms with Crippen molar-refractivity contribution in [2.75, 3.05) is 0 Å². The third-order valence-corrected chi connectivity index (χ3v) is 6.80. The maximum Gasteiger partial charge on any atom is 0.459 e. The van der Waals surface area contributed by atoms with Gasteiger partial charge in [-0.05, 0) is 86.3 Å². The molecule has 2 rings (SSSR count). The molecule has 0 saturated heterocycles. The molecule has 12 nitrogen and oxygen atoms in total. The van der Waals surface area contributed by atoms with E-state index in [-0.39, 0.29) is 17.5 Å². The molecule has 2 N–H and O–H groups in total. The monoisotopic (exact) mass is 543 g/mol. The molecule has 1 aromatic rings. The van der Waals surface area contributed by atoms with E-state index in [1.165, 1.54) is 31.2 Å². The van der Waals surface area contributed by atoms with Gasteiger partial charge in [-0.2, -0.15) is 5.09 Å². The van der Waals surface area contributed by atoms with Crippen LogP contribution in [0.25, 0.3) is 0 Å². The molecule has 2 atom stereocenters. The Hall–Kier alpha value is -2.69. The van der Waals surface area contributed by atoms with Crippen molar-refractivity contribution in [2.24, 2.45) is 0 Å². The van der Waals surface area contributed by atoms with Crippen LogP contribution in [0.2, 0.25) is 0 Å². The van der Waals surface area contributed by atoms with Gasteiger partial charge in [-0.15, -0.1) is 0 Å². The van der Waals surface area contributed by atoms with Crippen molar-refractivity contribution in [3.05, 3.63) is 34.4 Å². The Labute approximate surface area is 217 Å². The summed E-state index contributed by atoms with van der Waals surface area (Å²) in [6, 6.07) is 3.87. The number of hydrogen-bond acceptors (Lipinski definition) is 9. The van der Waals surface area contributed by atoms with Gasteiger partial charge >= 0.3 is 19.8 Å². The summed E-state index contributed by atoms with van der Waals surface area (Å²) in [5.41, 5.74) is -1.52. The van der Waals surface area contributed by atoms with Crippen LogP contribution in [0.1, 0.15) is 74.1 Å². The quantitative estimate of drug-likeness (QED) is 0.182. The van der Waals surface area contributed by atoms with Crippen molar-refractivity contribution in [3.63, 3.8) is 0 Å². The number of rotatable bonds is 9. The molecule has 1 aliphatic carbocycles. The van der Waals surface area contributed by atoms with E-state index in [4.69, 9.17) is 18.5 Å². The van der Waals surface area contributed by atoms with Crippen molar-refractivity contribution < 1.29 is 37.6 Å². The Morgan fingerprint density at radius 1 is 1.00 bits per heavy atom. The summed E-state index contributed by atoms with van der Waals surface area (Å²) < 4.78 is 35.9. The molecule has 0 spiro atoms. The number of nitro benzene ring substituents is 1. The molecule has 0 heterocycles. The van der Waals surface area contributed by atoms with Crippen LogP contribution in [0.5, 0.6) is 5.75 Å². The van der Waals surface area contributed by atoms with Gasteiger partial charge in [-0.25, -0.2) is 9.36 Å². The maximum atomic E-state index is 13.8. The molecular weight excluding hydrogens is 505 g/mol. The molecule has 0 bridgehead atoms. The highest BCUT2D eigenvalue weighted by atomic mass is 31.2. The molecule has 0 aromatic heterocycles. The summed E-state index contributed by atoms with van der Waals surface area (Å²) in [6.45, 7) is 12.0. The number of hydrogen-bond donors (Lipinski definition) is 2. The van der Waals surface area contributed by atoms with E-state index >= 15 is 0 Å². The molecule has 0 radical (unpaired) electrons. The first-order valence-electron chi connectivity index (χ1n) is 12.2. The normalized spacial score (nSPS) is 20.7. The highest BCUT2D eigenvalue weighted by Crippen LogP contribution is 2.48. The Morgan fingerprint density at radius 2 is 1.54 bits per heavy atom. The van der Waals surface area contributed by atoms with Gasteiger partial charge in [-0.3, -0.25) is 19.4 Å². The molecular formula is C24H38N3O9P. The summed E-state index contributed by atoms with van der Waals surface area (Å²) in [7, 11) is -4.13. The fourth-order valence-electron chi connectivity index (χ4n) is 3.51. The number of amides is 1. The van der Waals surface area contributed by atoms with Crippen LogP contribution in [-0.2, 0) is 23.4 Å². The number of nitrogens with zero attached hydrogens (tertiary/aromatic N) is 1. The number of benzene rings is 1. The third-order valence-electron chi connectivity index (χ3n) is 5.07. The van der Waals surface area contributed by atoms with E-state index in [2.05, 4.69) is 10.4 Å². The minimum atomic E-state index is -4.13. The average Bonchev–Trinajstić information content (AvgIpc) is 2.72. The van der Waals surface area contributed by atoms with E-state index in [0.29, 0.717) is 25.7 Å². The molecule has 37 heavy (non-hydrogen) atoms. The zero-order chi connectivity index (χ0) is 28.0. The minimum Gasteiger partial charge on any atom is -0.459 e. The van der Waals surface area contributed by atoms with E-state index < -0.39 is 48.1 Å². The average molecular weight is 544 g/mol. The smallest absolute Gasteiger partial charge is 0.459 e. The van der Waals surface area contributed by atoms with Crippen molar-refractivity contribution in [3.8, 4) is 5.75 Å². The SMILES string of the molecule is CC(NP(=O)(Oc1ccc([N+](=O)[O-])cc1)OC1CCC(NC(=O)OC(C)(C)C)CC1)C(=O)OC(C)(C)C. The Kier molecular flexibility index (Phi) is 10.1. The van der Waals surface area contributed by atoms with Gasteiger partial charge in [0.25, 0.3) is 5.69 Å². The number of non-ortho nitro benzene ring substituents is 1.